The number of hydrogen-bond acceptors (Lipinski definition) is 6. The molecule has 0 atom stereocenters. The van der Waals surface area contributed by atoms with Crippen LogP contribution < -0.4 is 0 Å². The fourth-order valence-electron chi connectivity index (χ4n) is 11.7. The van der Waals surface area contributed by atoms with Gasteiger partial charge in [0.05, 0.1) is 5.56 Å². The fourth-order valence-corrected chi connectivity index (χ4v) is 14.2. The first-order chi connectivity index (χ1) is 37.2. The van der Waals surface area contributed by atoms with E-state index in [1.807, 2.05) is 40.9 Å². The van der Waals surface area contributed by atoms with E-state index in [2.05, 4.69) is 218 Å². The van der Waals surface area contributed by atoms with Crippen molar-refractivity contribution in [2.75, 3.05) is 0 Å². The molecule has 0 unspecified atom stereocenters. The first-order valence-electron chi connectivity index (χ1n) is 25.2. The van der Waals surface area contributed by atoms with E-state index >= 15 is 0 Å². The van der Waals surface area contributed by atoms with E-state index in [1.165, 1.54) is 90.2 Å². The summed E-state index contributed by atoms with van der Waals surface area (Å²) in [5.74, 6) is 1.76. The fraction of sp³-hybridized carbons (Fsp3) is 0. The largest absolute Gasteiger partial charge is 0.455 e. The highest BCUT2D eigenvalue weighted by Gasteiger charge is 2.23. The van der Waals surface area contributed by atoms with Crippen LogP contribution in [0, 0.1) is 0 Å². The molecule has 0 aliphatic carbocycles. The third-order valence-corrected chi connectivity index (χ3v) is 17.5. The zero-order valence-electron chi connectivity index (χ0n) is 40.1. The number of benzene rings is 12. The van der Waals surface area contributed by atoms with Crippen LogP contribution >= 0.6 is 22.7 Å². The second kappa shape index (κ2) is 16.6. The van der Waals surface area contributed by atoms with Crippen LogP contribution in [0.25, 0.3) is 162 Å². The molecule has 75 heavy (non-hydrogen) atoms. The Balaban J connectivity index is 0.884. The quantitative estimate of drug-likeness (QED) is 0.156. The average Bonchev–Trinajstić information content (AvgIpc) is 4.24. The third kappa shape index (κ3) is 6.57. The molecule has 0 saturated heterocycles. The number of thiophene rings is 2. The van der Waals surface area contributed by atoms with Crippen molar-refractivity contribution in [3.05, 3.63) is 237 Å². The summed E-state index contributed by atoms with van der Waals surface area (Å²) in [7, 11) is 0. The van der Waals surface area contributed by atoms with Crippen molar-refractivity contribution in [2.24, 2.45) is 0 Å². The summed E-state index contributed by atoms with van der Waals surface area (Å²) in [4.78, 5) is 16.0. The molecule has 4 aromatic heterocycles. The van der Waals surface area contributed by atoms with Crippen LogP contribution in [0.1, 0.15) is 0 Å². The van der Waals surface area contributed by atoms with Gasteiger partial charge in [-0.15, -0.1) is 22.7 Å². The molecule has 0 amide bonds. The van der Waals surface area contributed by atoms with Crippen molar-refractivity contribution in [1.82, 2.24) is 15.0 Å². The van der Waals surface area contributed by atoms with Gasteiger partial charge in [-0.3, -0.25) is 0 Å². The van der Waals surface area contributed by atoms with Crippen LogP contribution in [0.4, 0.5) is 0 Å². The van der Waals surface area contributed by atoms with E-state index in [0.29, 0.717) is 17.5 Å². The molecule has 0 aliphatic rings. The van der Waals surface area contributed by atoms with Gasteiger partial charge in [0.2, 0.25) is 0 Å². The second-order valence-electron chi connectivity index (χ2n) is 19.3. The Labute approximate surface area is 438 Å². The monoisotopic (exact) mass is 989 g/mol. The maximum absolute atomic E-state index is 7.02. The van der Waals surface area contributed by atoms with Crippen molar-refractivity contribution in [3.63, 3.8) is 0 Å². The Morgan fingerprint density at radius 3 is 1.72 bits per heavy atom. The normalized spacial score (nSPS) is 12.0. The Kier molecular flexibility index (Phi) is 9.34. The topological polar surface area (TPSA) is 51.8 Å². The molecule has 4 heterocycles. The minimum atomic E-state index is 0.553. The van der Waals surface area contributed by atoms with Crippen molar-refractivity contribution in [1.29, 1.82) is 0 Å². The lowest BCUT2D eigenvalue weighted by atomic mass is 9.89. The molecule has 0 aliphatic heterocycles. The molecule has 6 heteroatoms. The van der Waals surface area contributed by atoms with Gasteiger partial charge in [-0.1, -0.05) is 188 Å². The second-order valence-corrected chi connectivity index (χ2v) is 21.4. The van der Waals surface area contributed by atoms with Crippen LogP contribution in [0.15, 0.2) is 241 Å². The zero-order chi connectivity index (χ0) is 49.1. The molecule has 16 aromatic rings. The van der Waals surface area contributed by atoms with E-state index in [9.17, 15) is 0 Å². The molecule has 0 saturated carbocycles. The summed E-state index contributed by atoms with van der Waals surface area (Å²) >= 11 is 3.67. The van der Waals surface area contributed by atoms with Crippen molar-refractivity contribution < 1.29 is 4.42 Å². The number of nitrogens with zero attached hydrogens (tertiary/aromatic N) is 3. The Bertz CT molecular complexity index is 5030. The number of fused-ring (bicyclic) bond motifs is 14. The summed E-state index contributed by atoms with van der Waals surface area (Å²) < 4.78 is 12.0. The highest BCUT2D eigenvalue weighted by molar-refractivity contribution is 7.27. The van der Waals surface area contributed by atoms with E-state index in [0.717, 1.165) is 54.5 Å². The van der Waals surface area contributed by atoms with Gasteiger partial charge >= 0.3 is 0 Å². The maximum Gasteiger partial charge on any atom is 0.167 e. The molecule has 0 spiro atoms. The number of para-hydroxylation sites is 1. The standard InChI is InChI=1S/C69H39N3OS2/c1-2-17-40(18-3-1)67-70-68(55-31-14-29-52-50-36-35-43(39-59(50)73-64(52)55)45-22-8-9-25-48(45)51-28-16-34-61-62(51)53-27-12-13-33-60(53)74-61)72-69(71-67)56-32-15-30-54-63-58(38-42-20-5-7-23-46(42)66(63)75-65(54)56)57-37-41-19-4-6-21-44(41)47-24-10-11-26-49(47)57/h1-39H. The number of hydrogen-bond donors (Lipinski definition) is 0. The molecule has 0 radical (unpaired) electrons. The van der Waals surface area contributed by atoms with Crippen molar-refractivity contribution in [2.45, 2.75) is 0 Å². The van der Waals surface area contributed by atoms with E-state index < -0.39 is 0 Å². The molecule has 12 aromatic carbocycles. The van der Waals surface area contributed by atoms with Gasteiger partial charge in [-0.05, 0) is 114 Å². The average molecular weight is 990 g/mol. The van der Waals surface area contributed by atoms with E-state index in [1.54, 1.807) is 0 Å². The summed E-state index contributed by atoms with van der Waals surface area (Å²) in [6.07, 6.45) is 0. The number of aromatic nitrogens is 3. The van der Waals surface area contributed by atoms with Gasteiger partial charge < -0.3 is 4.42 Å². The van der Waals surface area contributed by atoms with Crippen molar-refractivity contribution >= 4 is 117 Å². The summed E-state index contributed by atoms with van der Waals surface area (Å²) in [6.45, 7) is 0. The van der Waals surface area contributed by atoms with Crippen LogP contribution in [0.3, 0.4) is 0 Å². The lowest BCUT2D eigenvalue weighted by molar-refractivity contribution is 0.669. The number of rotatable bonds is 6. The Morgan fingerprint density at radius 2 is 0.867 bits per heavy atom. The van der Waals surface area contributed by atoms with Crippen LogP contribution in [0.5, 0.6) is 0 Å². The molecule has 4 nitrogen and oxygen atoms in total. The molecule has 0 bridgehead atoms. The number of furan rings is 1. The zero-order valence-corrected chi connectivity index (χ0v) is 41.7. The third-order valence-electron chi connectivity index (χ3n) is 15.1. The van der Waals surface area contributed by atoms with E-state index in [4.69, 9.17) is 19.4 Å². The highest BCUT2D eigenvalue weighted by Crippen LogP contribution is 2.50. The predicted molar refractivity (Wildman–Crippen MR) is 318 cm³/mol. The van der Waals surface area contributed by atoms with Gasteiger partial charge in [-0.2, -0.15) is 0 Å². The highest BCUT2D eigenvalue weighted by atomic mass is 32.1. The molecular weight excluding hydrogens is 951 g/mol. The first kappa shape index (κ1) is 42.2. The molecular formula is C69H39N3OS2. The van der Waals surface area contributed by atoms with Gasteiger partial charge in [0.15, 0.2) is 17.5 Å². The summed E-state index contributed by atoms with van der Waals surface area (Å²) in [5.41, 5.74) is 11.3. The van der Waals surface area contributed by atoms with Gasteiger partial charge in [0.25, 0.3) is 0 Å². The van der Waals surface area contributed by atoms with Crippen LogP contribution in [-0.2, 0) is 0 Å². The minimum absolute atomic E-state index is 0.553. The van der Waals surface area contributed by atoms with E-state index in [-0.39, 0.29) is 0 Å². The van der Waals surface area contributed by atoms with Gasteiger partial charge in [0, 0.05) is 62.2 Å². The minimum Gasteiger partial charge on any atom is -0.455 e. The lowest BCUT2D eigenvalue weighted by Gasteiger charge is -2.14. The van der Waals surface area contributed by atoms with Crippen LogP contribution in [-0.4, -0.2) is 15.0 Å². The van der Waals surface area contributed by atoms with Gasteiger partial charge in [-0.25, -0.2) is 15.0 Å². The smallest absolute Gasteiger partial charge is 0.167 e. The van der Waals surface area contributed by atoms with Crippen LogP contribution in [0.2, 0.25) is 0 Å². The van der Waals surface area contributed by atoms with Gasteiger partial charge in [0.1, 0.15) is 11.2 Å². The Hall–Kier alpha value is -9.33. The first-order valence-corrected chi connectivity index (χ1v) is 26.9. The summed E-state index contributed by atoms with van der Waals surface area (Å²) in [5, 5.41) is 14.4. The molecule has 0 fully saturated rings. The lowest BCUT2D eigenvalue weighted by Crippen LogP contribution is -2.00. The molecule has 0 N–H and O–H groups in total. The summed E-state index contributed by atoms with van der Waals surface area (Å²) in [6, 6.07) is 85.0. The predicted octanol–water partition coefficient (Wildman–Crippen LogP) is 20.0. The molecule has 16 rings (SSSR count). The Morgan fingerprint density at radius 1 is 0.280 bits per heavy atom. The maximum atomic E-state index is 7.02. The van der Waals surface area contributed by atoms with Crippen molar-refractivity contribution in [3.8, 4) is 67.5 Å². The molecule has 348 valence electrons. The SMILES string of the molecule is c1ccc(-c2nc(-c3cccc4c3oc3cc(-c5ccccc5-c5cccc6sc7ccccc7c56)ccc34)nc(-c3cccc4c3sc3c5ccccc5cc(-c5cc6ccccc6c6ccccc56)c43)n2)cc1.